The first kappa shape index (κ1) is 18.1. The summed E-state index contributed by atoms with van der Waals surface area (Å²) in [6, 6.07) is 8.15. The van der Waals surface area contributed by atoms with E-state index in [1.54, 1.807) is 12.0 Å². The number of rotatable bonds is 5. The van der Waals surface area contributed by atoms with Crippen molar-refractivity contribution in [3.05, 3.63) is 24.3 Å². The highest BCUT2D eigenvalue weighted by atomic mass is 16.5. The van der Waals surface area contributed by atoms with E-state index in [0.717, 1.165) is 43.9 Å². The zero-order valence-electron chi connectivity index (χ0n) is 15.5. The van der Waals surface area contributed by atoms with E-state index in [9.17, 15) is 4.79 Å². The molecule has 1 saturated heterocycles. The van der Waals surface area contributed by atoms with Gasteiger partial charge in [0.15, 0.2) is 6.61 Å². The molecule has 1 aromatic rings. The number of benzene rings is 1. The van der Waals surface area contributed by atoms with Crippen LogP contribution in [0.1, 0.15) is 32.6 Å². The van der Waals surface area contributed by atoms with Crippen LogP contribution in [0.25, 0.3) is 0 Å². The van der Waals surface area contributed by atoms with Crippen LogP contribution in [0.15, 0.2) is 24.3 Å². The molecular weight excluding hydrogens is 316 g/mol. The number of amides is 1. The van der Waals surface area contributed by atoms with Crippen molar-refractivity contribution < 1.29 is 19.2 Å². The minimum Gasteiger partial charge on any atom is -0.497 e. The SMILES string of the molecule is COc1ccc(OCC(=O)N2CC[NH+](C3CCC(C)CC3)CC2)cc1. The Morgan fingerprint density at radius 1 is 1.08 bits per heavy atom. The van der Waals surface area contributed by atoms with Gasteiger partial charge >= 0.3 is 0 Å². The van der Waals surface area contributed by atoms with Crippen LogP contribution in [0.5, 0.6) is 11.5 Å². The van der Waals surface area contributed by atoms with Crippen LogP contribution >= 0.6 is 0 Å². The molecule has 2 fully saturated rings. The lowest BCUT2D eigenvalue weighted by molar-refractivity contribution is -0.930. The molecule has 25 heavy (non-hydrogen) atoms. The number of ether oxygens (including phenoxy) is 2. The maximum absolute atomic E-state index is 12.4. The van der Waals surface area contributed by atoms with Crippen LogP contribution in [0, 0.1) is 5.92 Å². The fraction of sp³-hybridized carbons (Fsp3) is 0.650. The lowest BCUT2D eigenvalue weighted by Crippen LogP contribution is -3.18. The molecule has 138 valence electrons. The Morgan fingerprint density at radius 2 is 1.68 bits per heavy atom. The van der Waals surface area contributed by atoms with Gasteiger partial charge in [0.1, 0.15) is 11.5 Å². The molecule has 5 nitrogen and oxygen atoms in total. The van der Waals surface area contributed by atoms with E-state index >= 15 is 0 Å². The van der Waals surface area contributed by atoms with E-state index in [-0.39, 0.29) is 12.5 Å². The smallest absolute Gasteiger partial charge is 0.260 e. The number of quaternary nitrogens is 1. The van der Waals surface area contributed by atoms with Gasteiger partial charge in [-0.05, 0) is 55.9 Å². The Balaban J connectivity index is 1.40. The van der Waals surface area contributed by atoms with Gasteiger partial charge < -0.3 is 19.3 Å². The quantitative estimate of drug-likeness (QED) is 0.875. The van der Waals surface area contributed by atoms with Crippen LogP contribution < -0.4 is 14.4 Å². The topological polar surface area (TPSA) is 43.2 Å². The Morgan fingerprint density at radius 3 is 2.28 bits per heavy atom. The molecule has 1 aliphatic heterocycles. The van der Waals surface area contributed by atoms with Gasteiger partial charge in [-0.15, -0.1) is 0 Å². The second-order valence-electron chi connectivity index (χ2n) is 7.46. The van der Waals surface area contributed by atoms with E-state index in [4.69, 9.17) is 9.47 Å². The second-order valence-corrected chi connectivity index (χ2v) is 7.46. The summed E-state index contributed by atoms with van der Waals surface area (Å²) in [4.78, 5) is 16.0. The Hall–Kier alpha value is -1.75. The molecule has 1 saturated carbocycles. The second kappa shape index (κ2) is 8.56. The number of nitrogens with one attached hydrogen (secondary N) is 1. The average molecular weight is 347 g/mol. The van der Waals surface area contributed by atoms with Crippen molar-refractivity contribution >= 4 is 5.91 Å². The summed E-state index contributed by atoms with van der Waals surface area (Å²) >= 11 is 0. The summed E-state index contributed by atoms with van der Waals surface area (Å²) in [5.74, 6) is 2.48. The molecule has 1 aliphatic carbocycles. The number of piperazine rings is 1. The molecule has 3 rings (SSSR count). The predicted molar refractivity (Wildman–Crippen MR) is 97.2 cm³/mol. The summed E-state index contributed by atoms with van der Waals surface area (Å²) in [5, 5.41) is 0. The minimum atomic E-state index is 0.0899. The molecular formula is C20H31N2O3+. The molecule has 5 heteroatoms. The number of hydrogen-bond acceptors (Lipinski definition) is 3. The maximum atomic E-state index is 12.4. The van der Waals surface area contributed by atoms with E-state index in [0.29, 0.717) is 5.75 Å². The molecule has 0 radical (unpaired) electrons. The Bertz CT molecular complexity index is 545. The molecule has 0 spiro atoms. The van der Waals surface area contributed by atoms with Gasteiger partial charge in [-0.2, -0.15) is 0 Å². The van der Waals surface area contributed by atoms with Crippen molar-refractivity contribution in [2.45, 2.75) is 38.6 Å². The van der Waals surface area contributed by atoms with Crippen molar-refractivity contribution in [2.24, 2.45) is 5.92 Å². The van der Waals surface area contributed by atoms with E-state index in [1.807, 2.05) is 29.2 Å². The first-order valence-electron chi connectivity index (χ1n) is 9.55. The average Bonchev–Trinajstić information content (AvgIpc) is 2.67. The van der Waals surface area contributed by atoms with Gasteiger partial charge in [-0.25, -0.2) is 0 Å². The number of carbonyl (C=O) groups excluding carboxylic acids is 1. The standard InChI is InChI=1S/C20H30N2O3/c1-16-3-5-17(6-4-16)21-11-13-22(14-12-21)20(23)15-25-19-9-7-18(24-2)8-10-19/h7-10,16-17H,3-6,11-15H2,1-2H3/p+1. The van der Waals surface area contributed by atoms with Gasteiger partial charge in [0.05, 0.1) is 39.3 Å². The number of nitrogens with zero attached hydrogens (tertiary/aromatic N) is 1. The largest absolute Gasteiger partial charge is 0.497 e. The highest BCUT2D eigenvalue weighted by Crippen LogP contribution is 2.22. The monoisotopic (exact) mass is 347 g/mol. The van der Waals surface area contributed by atoms with Crippen LogP contribution in [-0.2, 0) is 4.79 Å². The van der Waals surface area contributed by atoms with Crippen LogP contribution in [0.2, 0.25) is 0 Å². The minimum absolute atomic E-state index is 0.0899. The van der Waals surface area contributed by atoms with Crippen LogP contribution in [0.3, 0.4) is 0 Å². The van der Waals surface area contributed by atoms with Crippen molar-refractivity contribution in [3.63, 3.8) is 0 Å². The summed E-state index contributed by atoms with van der Waals surface area (Å²) in [5.41, 5.74) is 0. The molecule has 1 N–H and O–H groups in total. The van der Waals surface area contributed by atoms with Gasteiger partial charge in [0.25, 0.3) is 5.91 Å². The number of methoxy groups -OCH3 is 1. The summed E-state index contributed by atoms with van der Waals surface area (Å²) in [6.07, 6.45) is 5.44. The number of carbonyl (C=O) groups is 1. The van der Waals surface area contributed by atoms with Gasteiger partial charge in [0.2, 0.25) is 0 Å². The Labute approximate surface area is 150 Å². The first-order valence-corrected chi connectivity index (χ1v) is 9.55. The molecule has 0 bridgehead atoms. The highest BCUT2D eigenvalue weighted by Gasteiger charge is 2.31. The molecule has 0 atom stereocenters. The summed E-state index contributed by atoms with van der Waals surface area (Å²) < 4.78 is 10.7. The van der Waals surface area contributed by atoms with Crippen molar-refractivity contribution in [1.29, 1.82) is 0 Å². The maximum Gasteiger partial charge on any atom is 0.260 e. The van der Waals surface area contributed by atoms with Gasteiger partial charge in [-0.1, -0.05) is 6.92 Å². The Kier molecular flexibility index (Phi) is 6.19. The molecule has 0 aromatic heterocycles. The fourth-order valence-corrected chi connectivity index (χ4v) is 4.03. The van der Waals surface area contributed by atoms with Crippen LogP contribution in [0.4, 0.5) is 0 Å². The lowest BCUT2D eigenvalue weighted by atomic mass is 9.86. The van der Waals surface area contributed by atoms with Crippen molar-refractivity contribution in [3.8, 4) is 11.5 Å². The fourth-order valence-electron chi connectivity index (χ4n) is 4.03. The zero-order valence-corrected chi connectivity index (χ0v) is 15.5. The van der Waals surface area contributed by atoms with Crippen molar-refractivity contribution in [2.75, 3.05) is 39.9 Å². The number of hydrogen-bond donors (Lipinski definition) is 1. The summed E-state index contributed by atoms with van der Waals surface area (Å²) in [7, 11) is 1.63. The normalized spacial score (nSPS) is 24.8. The third-order valence-electron chi connectivity index (χ3n) is 5.77. The van der Waals surface area contributed by atoms with Crippen molar-refractivity contribution in [1.82, 2.24) is 4.90 Å². The lowest BCUT2D eigenvalue weighted by Gasteiger charge is -2.38. The third-order valence-corrected chi connectivity index (χ3v) is 5.77. The third kappa shape index (κ3) is 4.88. The molecule has 2 aliphatic rings. The van der Waals surface area contributed by atoms with Gasteiger partial charge in [-0.3, -0.25) is 4.79 Å². The van der Waals surface area contributed by atoms with E-state index < -0.39 is 0 Å². The molecule has 1 amide bonds. The van der Waals surface area contributed by atoms with E-state index in [2.05, 4.69) is 6.92 Å². The highest BCUT2D eigenvalue weighted by molar-refractivity contribution is 5.77. The van der Waals surface area contributed by atoms with Gasteiger partial charge in [0, 0.05) is 0 Å². The zero-order chi connectivity index (χ0) is 17.6. The molecule has 0 unspecified atom stereocenters. The molecule has 1 heterocycles. The predicted octanol–water partition coefficient (Wildman–Crippen LogP) is 1.38. The van der Waals surface area contributed by atoms with E-state index in [1.165, 1.54) is 25.7 Å². The summed E-state index contributed by atoms with van der Waals surface area (Å²) in [6.45, 7) is 6.34. The first-order chi connectivity index (χ1) is 12.2. The molecule has 1 aromatic carbocycles. The van der Waals surface area contributed by atoms with Crippen LogP contribution in [-0.4, -0.2) is 56.7 Å².